The molecule has 23 heavy (non-hydrogen) atoms. The van der Waals surface area contributed by atoms with Crippen LogP contribution in [0.25, 0.3) is 0 Å². The zero-order chi connectivity index (χ0) is 16.2. The van der Waals surface area contributed by atoms with Crippen LogP contribution in [0.5, 0.6) is 5.75 Å². The summed E-state index contributed by atoms with van der Waals surface area (Å²) in [4.78, 5) is 2.37. The lowest BCUT2D eigenvalue weighted by molar-refractivity contribution is 0.189. The third-order valence-electron chi connectivity index (χ3n) is 4.26. The molecule has 1 aliphatic heterocycles. The summed E-state index contributed by atoms with van der Waals surface area (Å²) in [5.74, 6) is 0.971. The van der Waals surface area contributed by atoms with Crippen LogP contribution in [0.4, 0.5) is 0 Å². The van der Waals surface area contributed by atoms with E-state index in [-0.39, 0.29) is 6.10 Å². The van der Waals surface area contributed by atoms with Gasteiger partial charge in [-0.1, -0.05) is 25.1 Å². The molecule has 5 heteroatoms. The fourth-order valence-corrected chi connectivity index (χ4v) is 2.80. The molecule has 0 fully saturated rings. The van der Waals surface area contributed by atoms with Crippen molar-refractivity contribution in [2.75, 3.05) is 6.54 Å². The number of para-hydroxylation sites is 1. The monoisotopic (exact) mass is 310 g/mol. The Hall–Kier alpha value is -2.32. The van der Waals surface area contributed by atoms with Crippen molar-refractivity contribution in [1.29, 1.82) is 5.26 Å². The first-order valence-electron chi connectivity index (χ1n) is 8.13. The van der Waals surface area contributed by atoms with Crippen LogP contribution in [-0.4, -0.2) is 27.3 Å². The first kappa shape index (κ1) is 15.6. The Morgan fingerprint density at radius 2 is 2.17 bits per heavy atom. The van der Waals surface area contributed by atoms with Crippen LogP contribution in [0.2, 0.25) is 0 Å². The first-order chi connectivity index (χ1) is 11.2. The largest absolute Gasteiger partial charge is 0.490 e. The highest BCUT2D eigenvalue weighted by Gasteiger charge is 2.19. The van der Waals surface area contributed by atoms with Crippen LogP contribution >= 0.6 is 0 Å². The maximum absolute atomic E-state index is 8.98. The van der Waals surface area contributed by atoms with Crippen molar-refractivity contribution in [3.8, 4) is 11.8 Å². The second-order valence-electron chi connectivity index (χ2n) is 6.01. The van der Waals surface area contributed by atoms with Crippen molar-refractivity contribution >= 4 is 0 Å². The average molecular weight is 310 g/mol. The summed E-state index contributed by atoms with van der Waals surface area (Å²) in [5, 5.41) is 13.3. The van der Waals surface area contributed by atoms with Crippen molar-refractivity contribution in [2.24, 2.45) is 0 Å². The molecule has 1 aromatic carbocycles. The maximum Gasteiger partial charge on any atom is 0.162 e. The smallest absolute Gasteiger partial charge is 0.162 e. The van der Waals surface area contributed by atoms with E-state index >= 15 is 0 Å². The number of benzene rings is 1. The lowest BCUT2D eigenvalue weighted by atomic mass is 10.1. The molecule has 0 bridgehead atoms. The SMILES string of the molecule is CC[C@H](C)Oc1ccccc1CN1CCn2nc(C#N)cc2C1. The number of aromatic nitrogens is 2. The molecule has 0 radical (unpaired) electrons. The van der Waals surface area contributed by atoms with E-state index in [0.29, 0.717) is 5.69 Å². The molecular weight excluding hydrogens is 288 g/mol. The Labute approximate surface area is 137 Å². The van der Waals surface area contributed by atoms with Gasteiger partial charge >= 0.3 is 0 Å². The molecule has 120 valence electrons. The standard InChI is InChI=1S/C18H22N4O/c1-3-14(2)23-18-7-5-4-6-15(18)12-21-8-9-22-17(13-21)10-16(11-19)20-22/h4-7,10,14H,3,8-9,12-13H2,1-2H3/t14-/m0/s1. The Balaban J connectivity index is 1.72. The summed E-state index contributed by atoms with van der Waals surface area (Å²) in [6.07, 6.45) is 1.21. The number of ether oxygens (including phenoxy) is 1. The number of nitriles is 1. The minimum Gasteiger partial charge on any atom is -0.490 e. The van der Waals surface area contributed by atoms with Crippen molar-refractivity contribution < 1.29 is 4.74 Å². The third-order valence-corrected chi connectivity index (χ3v) is 4.26. The van der Waals surface area contributed by atoms with E-state index in [1.807, 2.05) is 22.9 Å². The fraction of sp³-hybridized carbons (Fsp3) is 0.444. The number of rotatable bonds is 5. The minimum absolute atomic E-state index is 0.220. The van der Waals surface area contributed by atoms with Crippen molar-refractivity contribution in [2.45, 2.75) is 46.0 Å². The van der Waals surface area contributed by atoms with Crippen LogP contribution in [-0.2, 0) is 19.6 Å². The molecule has 0 aliphatic carbocycles. The highest BCUT2D eigenvalue weighted by Crippen LogP contribution is 2.24. The molecule has 0 unspecified atom stereocenters. The Morgan fingerprint density at radius 3 is 2.96 bits per heavy atom. The van der Waals surface area contributed by atoms with Gasteiger partial charge in [-0.15, -0.1) is 0 Å². The molecule has 1 aliphatic rings. The molecule has 0 saturated carbocycles. The molecular formula is C18H22N4O. The van der Waals surface area contributed by atoms with E-state index < -0.39 is 0 Å². The lowest BCUT2D eigenvalue weighted by Gasteiger charge is -2.28. The molecule has 0 N–H and O–H groups in total. The molecule has 2 aromatic rings. The number of hydrogen-bond acceptors (Lipinski definition) is 4. The van der Waals surface area contributed by atoms with E-state index in [2.05, 4.69) is 42.0 Å². The van der Waals surface area contributed by atoms with Crippen molar-refractivity contribution in [3.05, 3.63) is 47.3 Å². The molecule has 3 rings (SSSR count). The van der Waals surface area contributed by atoms with Crippen molar-refractivity contribution in [1.82, 2.24) is 14.7 Å². The van der Waals surface area contributed by atoms with Crippen LogP contribution < -0.4 is 4.74 Å². The number of hydrogen-bond donors (Lipinski definition) is 0. The highest BCUT2D eigenvalue weighted by atomic mass is 16.5. The van der Waals surface area contributed by atoms with Gasteiger partial charge in [0.1, 0.15) is 11.8 Å². The van der Waals surface area contributed by atoms with Gasteiger partial charge in [0.2, 0.25) is 0 Å². The molecule has 0 saturated heterocycles. The third kappa shape index (κ3) is 3.54. The molecule has 1 atom stereocenters. The summed E-state index contributed by atoms with van der Waals surface area (Å²) in [6, 6.07) is 12.2. The second-order valence-corrected chi connectivity index (χ2v) is 6.01. The van der Waals surface area contributed by atoms with Crippen LogP contribution in [0.1, 0.15) is 37.2 Å². The summed E-state index contributed by atoms with van der Waals surface area (Å²) in [6.45, 7) is 7.64. The average Bonchev–Trinajstić information content (AvgIpc) is 2.99. The molecule has 2 heterocycles. The number of nitrogens with zero attached hydrogens (tertiary/aromatic N) is 4. The zero-order valence-corrected chi connectivity index (χ0v) is 13.7. The summed E-state index contributed by atoms with van der Waals surface area (Å²) in [5.41, 5.74) is 2.82. The number of fused-ring (bicyclic) bond motifs is 1. The zero-order valence-electron chi connectivity index (χ0n) is 13.7. The van der Waals surface area contributed by atoms with Gasteiger partial charge in [-0.25, -0.2) is 0 Å². The molecule has 5 nitrogen and oxygen atoms in total. The molecule has 1 aromatic heterocycles. The van der Waals surface area contributed by atoms with E-state index in [9.17, 15) is 0 Å². The van der Waals surface area contributed by atoms with Gasteiger partial charge in [-0.05, 0) is 25.5 Å². The van der Waals surface area contributed by atoms with Gasteiger partial charge < -0.3 is 4.74 Å². The Morgan fingerprint density at radius 1 is 1.35 bits per heavy atom. The van der Waals surface area contributed by atoms with Gasteiger partial charge in [0.15, 0.2) is 5.69 Å². The first-order valence-corrected chi connectivity index (χ1v) is 8.13. The van der Waals surface area contributed by atoms with E-state index in [0.717, 1.165) is 44.0 Å². The van der Waals surface area contributed by atoms with Crippen molar-refractivity contribution in [3.63, 3.8) is 0 Å². The topological polar surface area (TPSA) is 54.1 Å². The van der Waals surface area contributed by atoms with Crippen LogP contribution in [0.15, 0.2) is 30.3 Å². The summed E-state index contributed by atoms with van der Waals surface area (Å²) < 4.78 is 7.98. The maximum atomic E-state index is 8.98. The van der Waals surface area contributed by atoms with E-state index in [1.54, 1.807) is 0 Å². The molecule has 0 amide bonds. The summed E-state index contributed by atoms with van der Waals surface area (Å²) >= 11 is 0. The van der Waals surface area contributed by atoms with E-state index in [4.69, 9.17) is 10.00 Å². The lowest BCUT2D eigenvalue weighted by Crippen LogP contribution is -2.33. The van der Waals surface area contributed by atoms with Gasteiger partial charge in [0, 0.05) is 25.2 Å². The predicted molar refractivity (Wildman–Crippen MR) is 87.9 cm³/mol. The van der Waals surface area contributed by atoms with Gasteiger partial charge in [-0.2, -0.15) is 10.4 Å². The van der Waals surface area contributed by atoms with Crippen LogP contribution in [0.3, 0.4) is 0 Å². The fourth-order valence-electron chi connectivity index (χ4n) is 2.80. The Bertz CT molecular complexity index is 716. The van der Waals surface area contributed by atoms with Gasteiger partial charge in [0.25, 0.3) is 0 Å². The van der Waals surface area contributed by atoms with Gasteiger partial charge in [-0.3, -0.25) is 9.58 Å². The minimum atomic E-state index is 0.220. The normalized spacial score (nSPS) is 15.7. The predicted octanol–water partition coefficient (Wildman–Crippen LogP) is 2.95. The molecule has 0 spiro atoms. The Kier molecular flexibility index (Phi) is 4.63. The van der Waals surface area contributed by atoms with Gasteiger partial charge in [0.05, 0.1) is 18.3 Å². The second kappa shape index (κ2) is 6.84. The van der Waals surface area contributed by atoms with E-state index in [1.165, 1.54) is 5.56 Å². The highest BCUT2D eigenvalue weighted by molar-refractivity contribution is 5.33. The quantitative estimate of drug-likeness (QED) is 0.852. The summed E-state index contributed by atoms with van der Waals surface area (Å²) in [7, 11) is 0. The van der Waals surface area contributed by atoms with Crippen LogP contribution in [0, 0.1) is 11.3 Å².